The van der Waals surface area contributed by atoms with Crippen molar-refractivity contribution in [3.63, 3.8) is 0 Å². The van der Waals surface area contributed by atoms with Gasteiger partial charge in [-0.25, -0.2) is 4.79 Å². The maximum absolute atomic E-state index is 11.7. The molecule has 2 rings (SSSR count). The van der Waals surface area contributed by atoms with Gasteiger partial charge < -0.3 is 10.0 Å². The molecule has 0 aliphatic carbocycles. The number of hydrogen-bond acceptors (Lipinski definition) is 2. The number of carboxylic acid groups (broad SMARTS) is 1. The number of rotatable bonds is 2. The number of hydrogen-bond donors (Lipinski definition) is 1. The molecule has 1 N–H and O–H groups in total. The number of likely N-dealkylation sites (tertiary alicyclic amines) is 1. The highest BCUT2D eigenvalue weighted by atomic mass is 16.4. The van der Waals surface area contributed by atoms with Crippen LogP contribution in [0.25, 0.3) is 0 Å². The Morgan fingerprint density at radius 3 is 2.68 bits per heavy atom. The first kappa shape index (κ1) is 13.6. The van der Waals surface area contributed by atoms with E-state index in [-0.39, 0.29) is 18.2 Å². The third-order valence-corrected chi connectivity index (χ3v) is 3.65. The lowest BCUT2D eigenvalue weighted by atomic mass is 9.87. The van der Waals surface area contributed by atoms with Crippen LogP contribution in [0.3, 0.4) is 0 Å². The molecule has 0 bridgehead atoms. The maximum atomic E-state index is 11.7. The molecule has 1 atom stereocenters. The van der Waals surface area contributed by atoms with Crippen molar-refractivity contribution in [2.24, 2.45) is 0 Å². The van der Waals surface area contributed by atoms with E-state index in [9.17, 15) is 14.7 Å². The molecule has 1 heterocycles. The van der Waals surface area contributed by atoms with Gasteiger partial charge in [0.2, 0.25) is 0 Å². The molecule has 1 amide bonds. The van der Waals surface area contributed by atoms with Crippen molar-refractivity contribution in [2.75, 3.05) is 6.54 Å². The zero-order chi connectivity index (χ0) is 14.0. The highest BCUT2D eigenvalue weighted by Crippen LogP contribution is 2.34. The van der Waals surface area contributed by atoms with Gasteiger partial charge in [-0.3, -0.25) is 4.79 Å². The van der Waals surface area contributed by atoms with Gasteiger partial charge in [-0.1, -0.05) is 38.1 Å². The number of amides is 1. The van der Waals surface area contributed by atoms with Crippen molar-refractivity contribution in [1.82, 2.24) is 4.90 Å². The Kier molecular flexibility index (Phi) is 3.88. The average Bonchev–Trinajstić information content (AvgIpc) is 2.38. The fourth-order valence-corrected chi connectivity index (χ4v) is 2.68. The molecule has 1 fully saturated rings. The zero-order valence-electron chi connectivity index (χ0n) is 11.3. The SMILES string of the molecule is CC(C)c1ccccc1C1CC(=O)CCN1C(=O)O. The van der Waals surface area contributed by atoms with Gasteiger partial charge in [0.15, 0.2) is 0 Å². The van der Waals surface area contributed by atoms with E-state index < -0.39 is 6.09 Å². The average molecular weight is 261 g/mol. The minimum Gasteiger partial charge on any atom is -0.465 e. The molecule has 4 heteroatoms. The molecule has 0 radical (unpaired) electrons. The van der Waals surface area contributed by atoms with Crippen LogP contribution in [-0.4, -0.2) is 28.4 Å². The first-order chi connectivity index (χ1) is 9.00. The number of carbonyl (C=O) groups is 2. The van der Waals surface area contributed by atoms with Crippen LogP contribution >= 0.6 is 0 Å². The molecule has 1 aromatic carbocycles. The minimum atomic E-state index is -0.948. The van der Waals surface area contributed by atoms with Crippen LogP contribution in [0.5, 0.6) is 0 Å². The molecular weight excluding hydrogens is 242 g/mol. The summed E-state index contributed by atoms with van der Waals surface area (Å²) in [5.74, 6) is 0.449. The smallest absolute Gasteiger partial charge is 0.407 e. The van der Waals surface area contributed by atoms with E-state index in [1.165, 1.54) is 4.90 Å². The van der Waals surface area contributed by atoms with E-state index in [1.807, 2.05) is 24.3 Å². The number of piperidine rings is 1. The topological polar surface area (TPSA) is 57.6 Å². The van der Waals surface area contributed by atoms with Gasteiger partial charge in [-0.05, 0) is 17.0 Å². The van der Waals surface area contributed by atoms with E-state index in [2.05, 4.69) is 13.8 Å². The summed E-state index contributed by atoms with van der Waals surface area (Å²) in [5.41, 5.74) is 2.08. The van der Waals surface area contributed by atoms with Crippen molar-refractivity contribution in [2.45, 2.75) is 38.6 Å². The third kappa shape index (κ3) is 2.78. The Bertz CT molecular complexity index is 496. The van der Waals surface area contributed by atoms with Gasteiger partial charge in [0.25, 0.3) is 0 Å². The van der Waals surface area contributed by atoms with Crippen molar-refractivity contribution in [3.05, 3.63) is 35.4 Å². The normalized spacial score (nSPS) is 19.8. The van der Waals surface area contributed by atoms with E-state index in [0.717, 1.165) is 11.1 Å². The molecule has 1 aliphatic rings. The molecule has 0 spiro atoms. The highest BCUT2D eigenvalue weighted by molar-refractivity contribution is 5.82. The number of ketones is 1. The Morgan fingerprint density at radius 2 is 2.05 bits per heavy atom. The summed E-state index contributed by atoms with van der Waals surface area (Å²) in [6, 6.07) is 7.47. The van der Waals surface area contributed by atoms with Crippen molar-refractivity contribution < 1.29 is 14.7 Å². The van der Waals surface area contributed by atoms with Gasteiger partial charge in [0, 0.05) is 19.4 Å². The second-order valence-corrected chi connectivity index (χ2v) is 5.27. The summed E-state index contributed by atoms with van der Waals surface area (Å²) in [6.07, 6.45) is -0.334. The largest absolute Gasteiger partial charge is 0.465 e. The van der Waals surface area contributed by atoms with Crippen LogP contribution < -0.4 is 0 Å². The molecule has 102 valence electrons. The van der Waals surface area contributed by atoms with Gasteiger partial charge in [-0.2, -0.15) is 0 Å². The highest BCUT2D eigenvalue weighted by Gasteiger charge is 2.32. The molecule has 0 saturated carbocycles. The molecule has 1 unspecified atom stereocenters. The molecular formula is C15H19NO3. The number of nitrogens with zero attached hydrogens (tertiary/aromatic N) is 1. The first-order valence-corrected chi connectivity index (χ1v) is 6.60. The summed E-state index contributed by atoms with van der Waals surface area (Å²) in [7, 11) is 0. The second-order valence-electron chi connectivity index (χ2n) is 5.27. The summed E-state index contributed by atoms with van der Waals surface area (Å²) in [6.45, 7) is 4.45. The lowest BCUT2D eigenvalue weighted by Crippen LogP contribution is -2.40. The fraction of sp³-hybridized carbons (Fsp3) is 0.467. The Labute approximate surface area is 113 Å². The lowest BCUT2D eigenvalue weighted by molar-refractivity contribution is -0.122. The Balaban J connectivity index is 2.41. The van der Waals surface area contributed by atoms with Crippen LogP contribution in [0.1, 0.15) is 49.8 Å². The summed E-state index contributed by atoms with van der Waals surface area (Å²) in [5, 5.41) is 9.30. The van der Waals surface area contributed by atoms with Gasteiger partial charge in [-0.15, -0.1) is 0 Å². The lowest BCUT2D eigenvalue weighted by Gasteiger charge is -2.34. The third-order valence-electron chi connectivity index (χ3n) is 3.65. The zero-order valence-corrected chi connectivity index (χ0v) is 11.3. The quantitative estimate of drug-likeness (QED) is 0.889. The van der Waals surface area contributed by atoms with Crippen LogP contribution in [0.2, 0.25) is 0 Å². The molecule has 19 heavy (non-hydrogen) atoms. The monoisotopic (exact) mass is 261 g/mol. The Hall–Kier alpha value is -1.84. The molecule has 1 aliphatic heterocycles. The number of carbonyl (C=O) groups excluding carboxylic acids is 1. The molecule has 1 aromatic rings. The fourth-order valence-electron chi connectivity index (χ4n) is 2.68. The minimum absolute atomic E-state index is 0.140. The van der Waals surface area contributed by atoms with Crippen molar-refractivity contribution in [3.8, 4) is 0 Å². The summed E-state index contributed by atoms with van der Waals surface area (Å²) >= 11 is 0. The number of benzene rings is 1. The second kappa shape index (κ2) is 5.43. The predicted molar refractivity (Wildman–Crippen MR) is 72.2 cm³/mol. The van der Waals surface area contributed by atoms with E-state index in [1.54, 1.807) is 0 Å². The van der Waals surface area contributed by atoms with Gasteiger partial charge in [0.05, 0.1) is 6.04 Å². The van der Waals surface area contributed by atoms with Gasteiger partial charge in [0.1, 0.15) is 5.78 Å². The molecule has 4 nitrogen and oxygen atoms in total. The first-order valence-electron chi connectivity index (χ1n) is 6.60. The molecule has 0 aromatic heterocycles. The summed E-state index contributed by atoms with van der Waals surface area (Å²) < 4.78 is 0. The van der Waals surface area contributed by atoms with Gasteiger partial charge >= 0.3 is 6.09 Å². The van der Waals surface area contributed by atoms with Crippen molar-refractivity contribution >= 4 is 11.9 Å². The number of Topliss-reactive ketones (excluding diaryl/α,β-unsaturated/α-hetero) is 1. The molecule has 1 saturated heterocycles. The van der Waals surface area contributed by atoms with Crippen LogP contribution in [0.15, 0.2) is 24.3 Å². The van der Waals surface area contributed by atoms with E-state index in [4.69, 9.17) is 0 Å². The van der Waals surface area contributed by atoms with Crippen LogP contribution in [0, 0.1) is 0 Å². The summed E-state index contributed by atoms with van der Waals surface area (Å²) in [4.78, 5) is 24.4. The predicted octanol–water partition coefficient (Wildman–Crippen LogP) is 3.19. The van der Waals surface area contributed by atoms with Crippen molar-refractivity contribution in [1.29, 1.82) is 0 Å². The van der Waals surface area contributed by atoms with E-state index in [0.29, 0.717) is 18.9 Å². The van der Waals surface area contributed by atoms with E-state index >= 15 is 0 Å². The van der Waals surface area contributed by atoms with Crippen LogP contribution in [0.4, 0.5) is 4.79 Å². The van der Waals surface area contributed by atoms with Crippen LogP contribution in [-0.2, 0) is 4.79 Å². The Morgan fingerprint density at radius 1 is 1.37 bits per heavy atom. The standard InChI is InChI=1S/C15H19NO3/c1-10(2)12-5-3-4-6-13(12)14-9-11(17)7-8-16(14)15(18)19/h3-6,10,14H,7-9H2,1-2H3,(H,18,19). The maximum Gasteiger partial charge on any atom is 0.407 e.